The molecule has 0 N–H and O–H groups in total. The molecule has 0 saturated heterocycles. The van der Waals surface area contributed by atoms with Crippen LogP contribution in [0.2, 0.25) is 0 Å². The molecule has 2 heterocycles. The van der Waals surface area contributed by atoms with Gasteiger partial charge in [0.25, 0.3) is 0 Å². The third-order valence-corrected chi connectivity index (χ3v) is 12.0. The molecule has 0 saturated carbocycles. The van der Waals surface area contributed by atoms with Crippen LogP contribution >= 0.6 is 0 Å². The van der Waals surface area contributed by atoms with Gasteiger partial charge in [-0.1, -0.05) is 71.0 Å². The van der Waals surface area contributed by atoms with Crippen LogP contribution in [-0.2, 0) is 32.4 Å². The highest BCUT2D eigenvalue weighted by Crippen LogP contribution is 2.34. The minimum atomic E-state index is -0.525. The van der Waals surface area contributed by atoms with Gasteiger partial charge in [0.1, 0.15) is 0 Å². The molecule has 322 valence electrons. The molecular formula is C54H50N4O6. The van der Waals surface area contributed by atoms with E-state index in [4.69, 9.17) is 9.68 Å². The molecule has 0 bridgehead atoms. The number of hydrogen-bond donors (Lipinski definition) is 0. The van der Waals surface area contributed by atoms with Crippen molar-refractivity contribution in [2.75, 3.05) is 0 Å². The van der Waals surface area contributed by atoms with Gasteiger partial charge in [0.15, 0.2) is 11.6 Å². The molecule has 0 unspecified atom stereocenters. The Morgan fingerprint density at radius 2 is 0.797 bits per heavy atom. The first-order valence-electron chi connectivity index (χ1n) is 21.8. The lowest BCUT2D eigenvalue weighted by molar-refractivity contribution is -0.141. The summed E-state index contributed by atoms with van der Waals surface area (Å²) in [7, 11) is 0. The predicted molar refractivity (Wildman–Crippen MR) is 255 cm³/mol. The van der Waals surface area contributed by atoms with Crippen LogP contribution in [0.4, 0.5) is 0 Å². The molecule has 0 spiro atoms. The van der Waals surface area contributed by atoms with E-state index in [-0.39, 0.29) is 11.6 Å². The van der Waals surface area contributed by atoms with Crippen LogP contribution in [0.3, 0.4) is 0 Å². The van der Waals surface area contributed by atoms with Crippen LogP contribution in [0, 0.1) is 13.8 Å². The maximum Gasteiger partial charge on any atom is 0.331 e. The van der Waals surface area contributed by atoms with Crippen molar-refractivity contribution < 1.29 is 28.9 Å². The molecule has 10 nitrogen and oxygen atoms in total. The first kappa shape index (κ1) is 43.2. The molecule has 0 radical (unpaired) electrons. The number of benzene rings is 6. The highest BCUT2D eigenvalue weighted by atomic mass is 16.7. The summed E-state index contributed by atoms with van der Waals surface area (Å²) in [6.07, 6.45) is 2.24. The first-order valence-corrected chi connectivity index (χ1v) is 21.8. The lowest BCUT2D eigenvalue weighted by atomic mass is 9.96. The Bertz CT molecular complexity index is 3010. The fraction of sp³-hybridized carbons (Fsp3) is 0.222. The fourth-order valence-electron chi connectivity index (χ4n) is 8.81. The lowest BCUT2D eigenvalue weighted by Crippen LogP contribution is -2.07. The van der Waals surface area contributed by atoms with Crippen LogP contribution in [-0.4, -0.2) is 44.1 Å². The van der Waals surface area contributed by atoms with Crippen LogP contribution in [0.25, 0.3) is 43.6 Å². The van der Waals surface area contributed by atoms with Gasteiger partial charge in [-0.3, -0.25) is 9.59 Å². The van der Waals surface area contributed by atoms with Gasteiger partial charge in [0, 0.05) is 104 Å². The first-order chi connectivity index (χ1) is 31.0. The molecule has 0 aliphatic rings. The van der Waals surface area contributed by atoms with Crippen molar-refractivity contribution in [1.29, 1.82) is 0 Å². The van der Waals surface area contributed by atoms with E-state index in [1.165, 1.54) is 13.8 Å². The maximum atomic E-state index is 13.7. The fourth-order valence-corrected chi connectivity index (χ4v) is 8.81. The van der Waals surface area contributed by atoms with Crippen molar-refractivity contribution in [3.05, 3.63) is 166 Å². The molecule has 0 aliphatic carbocycles. The van der Waals surface area contributed by atoms with E-state index >= 15 is 0 Å². The second-order valence-corrected chi connectivity index (χ2v) is 16.2. The number of rotatable bonds is 15. The number of ketones is 2. The predicted octanol–water partition coefficient (Wildman–Crippen LogP) is 11.8. The van der Waals surface area contributed by atoms with E-state index in [1.54, 1.807) is 0 Å². The standard InChI is InChI=1S/C54H50N4O6/c1-7-57-49-25-21-37(29-43(49)45-31-39(23-27-51(45)57)53(61)41-17-11-9-15-33(41)3)47(55-63-35(5)59)19-13-14-20-48(56-64-36(6)60)38-22-26-50-44(30-38)46-32-40(24-28-52(46)58(50)8-2)54(62)42-18-12-10-16-34(42)4/h9-12,15-18,21-32H,7-8,13-14,19-20H2,1-6H3/b55-47+,56-48+. The van der Waals surface area contributed by atoms with Crippen molar-refractivity contribution in [3.8, 4) is 0 Å². The second kappa shape index (κ2) is 18.5. The topological polar surface area (TPSA) is 121 Å². The SMILES string of the molecule is CCn1c2ccc(C(=O)c3ccccc3C)cc2c2cc(/C(CCCC/C(=N\OC(C)=O)c3ccc4c(c3)c3cc(C(=O)c5ccccc5C)ccc3n4CC)=N/OC(C)=O)ccc21. The molecule has 0 atom stereocenters. The Morgan fingerprint density at radius 1 is 0.469 bits per heavy atom. The molecule has 8 aromatic rings. The van der Waals surface area contributed by atoms with Crippen molar-refractivity contribution >= 4 is 78.5 Å². The molecule has 0 fully saturated rings. The van der Waals surface area contributed by atoms with Crippen LogP contribution in [0.5, 0.6) is 0 Å². The molecule has 2 aromatic heterocycles. The average Bonchev–Trinajstić information content (AvgIpc) is 3.79. The Morgan fingerprint density at radius 3 is 1.12 bits per heavy atom. The highest BCUT2D eigenvalue weighted by Gasteiger charge is 2.20. The van der Waals surface area contributed by atoms with E-state index in [9.17, 15) is 19.2 Å². The molecule has 0 aliphatic heterocycles. The minimum Gasteiger partial charge on any atom is -0.341 e. The summed E-state index contributed by atoms with van der Waals surface area (Å²) in [5.41, 5.74) is 11.3. The number of carbonyl (C=O) groups is 4. The largest absolute Gasteiger partial charge is 0.341 e. The van der Waals surface area contributed by atoms with Gasteiger partial charge >= 0.3 is 11.9 Å². The molecule has 64 heavy (non-hydrogen) atoms. The van der Waals surface area contributed by atoms with Gasteiger partial charge in [-0.2, -0.15) is 0 Å². The lowest BCUT2D eigenvalue weighted by Gasteiger charge is -2.10. The van der Waals surface area contributed by atoms with Gasteiger partial charge in [-0.15, -0.1) is 0 Å². The summed E-state index contributed by atoms with van der Waals surface area (Å²) >= 11 is 0. The Balaban J connectivity index is 1.08. The second-order valence-electron chi connectivity index (χ2n) is 16.2. The van der Waals surface area contributed by atoms with Crippen molar-refractivity contribution in [1.82, 2.24) is 9.13 Å². The zero-order valence-corrected chi connectivity index (χ0v) is 37.0. The number of oxime groups is 2. The van der Waals surface area contributed by atoms with Gasteiger partial charge in [0.05, 0.1) is 11.4 Å². The molecule has 8 rings (SSSR count). The summed E-state index contributed by atoms with van der Waals surface area (Å²) in [5.74, 6) is -1.12. The van der Waals surface area contributed by atoms with E-state index in [0.29, 0.717) is 59.4 Å². The number of hydrogen-bond acceptors (Lipinski definition) is 8. The summed E-state index contributed by atoms with van der Waals surface area (Å²) in [6, 6.07) is 39.2. The number of aryl methyl sites for hydroxylation is 4. The maximum absolute atomic E-state index is 13.7. The van der Waals surface area contributed by atoms with E-state index in [0.717, 1.165) is 79.0 Å². The summed E-state index contributed by atoms with van der Waals surface area (Å²) in [6.45, 7) is 12.2. The van der Waals surface area contributed by atoms with Crippen LogP contribution in [0.15, 0.2) is 132 Å². The Kier molecular flexibility index (Phi) is 12.5. The number of unbranched alkanes of at least 4 members (excludes halogenated alkanes) is 1. The van der Waals surface area contributed by atoms with Crippen molar-refractivity contribution in [3.63, 3.8) is 0 Å². The summed E-state index contributed by atoms with van der Waals surface area (Å²) in [4.78, 5) is 62.0. The van der Waals surface area contributed by atoms with E-state index < -0.39 is 11.9 Å². The normalized spacial score (nSPS) is 12.1. The number of nitrogens with zero attached hydrogens (tertiary/aromatic N) is 4. The number of fused-ring (bicyclic) bond motifs is 6. The zero-order chi connectivity index (χ0) is 45.1. The third kappa shape index (κ3) is 8.51. The van der Waals surface area contributed by atoms with Crippen molar-refractivity contribution in [2.45, 2.75) is 80.3 Å². The quantitative estimate of drug-likeness (QED) is 0.0333. The smallest absolute Gasteiger partial charge is 0.331 e. The molecule has 10 heteroatoms. The van der Waals surface area contributed by atoms with E-state index in [2.05, 4.69) is 57.6 Å². The molecule has 6 aromatic carbocycles. The summed E-state index contributed by atoms with van der Waals surface area (Å²) in [5, 5.41) is 12.5. The van der Waals surface area contributed by atoms with Gasteiger partial charge < -0.3 is 18.8 Å². The third-order valence-electron chi connectivity index (χ3n) is 12.0. The van der Waals surface area contributed by atoms with Crippen molar-refractivity contribution in [2.24, 2.45) is 10.3 Å². The monoisotopic (exact) mass is 850 g/mol. The minimum absolute atomic E-state index is 0.0329. The van der Waals surface area contributed by atoms with Gasteiger partial charge in [-0.25, -0.2) is 9.59 Å². The highest BCUT2D eigenvalue weighted by molar-refractivity contribution is 6.18. The number of carbonyl (C=O) groups excluding carboxylic acids is 4. The Hall–Kier alpha value is -7.46. The number of aromatic nitrogens is 2. The molecular weight excluding hydrogens is 801 g/mol. The average molecular weight is 851 g/mol. The Labute approximate surface area is 371 Å². The van der Waals surface area contributed by atoms with Crippen LogP contribution in [0.1, 0.15) is 107 Å². The van der Waals surface area contributed by atoms with Gasteiger partial charge in [0.2, 0.25) is 0 Å². The summed E-state index contributed by atoms with van der Waals surface area (Å²) < 4.78 is 4.45. The van der Waals surface area contributed by atoms with Gasteiger partial charge in [-0.05, 0) is 125 Å². The van der Waals surface area contributed by atoms with E-state index in [1.807, 2.05) is 111 Å². The zero-order valence-electron chi connectivity index (χ0n) is 37.0. The van der Waals surface area contributed by atoms with Crippen LogP contribution < -0.4 is 0 Å². The molecule has 0 amide bonds.